The van der Waals surface area contributed by atoms with E-state index in [-0.39, 0.29) is 29.3 Å². The van der Waals surface area contributed by atoms with Gasteiger partial charge in [-0.3, -0.25) is 14.9 Å². The van der Waals surface area contributed by atoms with E-state index in [0.29, 0.717) is 17.4 Å². The van der Waals surface area contributed by atoms with Crippen molar-refractivity contribution in [2.75, 3.05) is 24.6 Å². The number of hydrogen-bond donors (Lipinski definition) is 0. The summed E-state index contributed by atoms with van der Waals surface area (Å²) >= 11 is 3.20. The van der Waals surface area contributed by atoms with Crippen LogP contribution in [0.1, 0.15) is 16.8 Å². The second kappa shape index (κ2) is 6.10. The van der Waals surface area contributed by atoms with Gasteiger partial charge in [0, 0.05) is 29.7 Å². The number of hydrogen-bond acceptors (Lipinski definition) is 5. The van der Waals surface area contributed by atoms with Crippen molar-refractivity contribution in [1.82, 2.24) is 4.90 Å². The quantitative estimate of drug-likeness (QED) is 0.576. The molecule has 0 N–H and O–H groups in total. The molecule has 0 saturated carbocycles. The summed E-state index contributed by atoms with van der Waals surface area (Å²) < 4.78 is 23.5. The van der Waals surface area contributed by atoms with Crippen LogP contribution in [0.2, 0.25) is 0 Å². The number of carbonyl (C=O) groups is 1. The minimum Gasteiger partial charge on any atom is -0.338 e. The number of sulfone groups is 1. The van der Waals surface area contributed by atoms with Gasteiger partial charge >= 0.3 is 0 Å². The van der Waals surface area contributed by atoms with Crippen molar-refractivity contribution in [3.8, 4) is 0 Å². The Kier molecular flexibility index (Phi) is 4.62. The van der Waals surface area contributed by atoms with Gasteiger partial charge in [0.05, 0.1) is 22.0 Å². The minimum atomic E-state index is -3.11. The van der Waals surface area contributed by atoms with E-state index in [4.69, 9.17) is 0 Å². The standard InChI is InChI=1S/C12H13BrN2O5S/c13-11-3-2-9(15(17)18)8-10(11)12(16)14-4-1-6-21(19,20)7-5-14/h2-3,8H,1,4-7H2. The summed E-state index contributed by atoms with van der Waals surface area (Å²) in [5, 5.41) is 10.8. The van der Waals surface area contributed by atoms with Gasteiger partial charge in [-0.1, -0.05) is 0 Å². The van der Waals surface area contributed by atoms with Crippen molar-refractivity contribution < 1.29 is 18.1 Å². The molecule has 0 spiro atoms. The Balaban J connectivity index is 2.27. The predicted molar refractivity (Wildman–Crippen MR) is 80.0 cm³/mol. The zero-order valence-corrected chi connectivity index (χ0v) is 13.4. The Morgan fingerprint density at radius 2 is 2.00 bits per heavy atom. The molecule has 1 aromatic carbocycles. The second-order valence-corrected chi connectivity index (χ2v) is 7.88. The molecule has 0 bridgehead atoms. The summed E-state index contributed by atoms with van der Waals surface area (Å²) in [5.41, 5.74) is -0.00695. The predicted octanol–water partition coefficient (Wildman–Crippen LogP) is 1.62. The van der Waals surface area contributed by atoms with Gasteiger partial charge < -0.3 is 4.90 Å². The van der Waals surface area contributed by atoms with Crippen molar-refractivity contribution in [3.63, 3.8) is 0 Å². The van der Waals surface area contributed by atoms with E-state index >= 15 is 0 Å². The maximum absolute atomic E-state index is 12.4. The number of halogens is 1. The van der Waals surface area contributed by atoms with Crippen LogP contribution in [0.5, 0.6) is 0 Å². The highest BCUT2D eigenvalue weighted by Crippen LogP contribution is 2.24. The summed E-state index contributed by atoms with van der Waals surface area (Å²) in [4.78, 5) is 24.1. The maximum Gasteiger partial charge on any atom is 0.270 e. The normalized spacial score (nSPS) is 18.0. The molecule has 21 heavy (non-hydrogen) atoms. The van der Waals surface area contributed by atoms with Crippen molar-refractivity contribution in [3.05, 3.63) is 38.3 Å². The molecule has 0 aromatic heterocycles. The monoisotopic (exact) mass is 376 g/mol. The van der Waals surface area contributed by atoms with Crippen LogP contribution in [-0.2, 0) is 9.84 Å². The lowest BCUT2D eigenvalue weighted by molar-refractivity contribution is -0.384. The molecule has 1 amide bonds. The highest BCUT2D eigenvalue weighted by molar-refractivity contribution is 9.10. The SMILES string of the molecule is O=C(c1cc([N+](=O)[O-])ccc1Br)N1CCCS(=O)(=O)CC1. The summed E-state index contributed by atoms with van der Waals surface area (Å²) in [6.45, 7) is 0.434. The van der Waals surface area contributed by atoms with Gasteiger partial charge in [-0.05, 0) is 28.4 Å². The van der Waals surface area contributed by atoms with Crippen molar-refractivity contribution >= 4 is 37.4 Å². The molecule has 1 saturated heterocycles. The number of nitro benzene ring substituents is 1. The molecule has 9 heteroatoms. The maximum atomic E-state index is 12.4. The molecule has 1 aromatic rings. The highest BCUT2D eigenvalue weighted by atomic mass is 79.9. The van der Waals surface area contributed by atoms with E-state index in [1.807, 2.05) is 0 Å². The zero-order chi connectivity index (χ0) is 15.6. The van der Waals surface area contributed by atoms with E-state index in [1.54, 1.807) is 0 Å². The third-order valence-corrected chi connectivity index (χ3v) is 5.64. The van der Waals surface area contributed by atoms with Crippen LogP contribution in [-0.4, -0.2) is 48.7 Å². The molecule has 0 atom stereocenters. The van der Waals surface area contributed by atoms with E-state index in [1.165, 1.54) is 23.1 Å². The summed E-state index contributed by atoms with van der Waals surface area (Å²) in [5.74, 6) is -0.416. The fourth-order valence-electron chi connectivity index (χ4n) is 2.10. The first-order chi connectivity index (χ1) is 9.80. The Labute approximate surface area is 130 Å². The molecule has 1 aliphatic rings. The lowest BCUT2D eigenvalue weighted by Crippen LogP contribution is -2.33. The molecule has 7 nitrogen and oxygen atoms in total. The number of nitro groups is 1. The van der Waals surface area contributed by atoms with Crippen LogP contribution in [0.3, 0.4) is 0 Å². The van der Waals surface area contributed by atoms with Gasteiger partial charge in [0.2, 0.25) is 0 Å². The van der Waals surface area contributed by atoms with E-state index in [2.05, 4.69) is 15.9 Å². The molecular formula is C12H13BrN2O5S. The molecule has 1 fully saturated rings. The largest absolute Gasteiger partial charge is 0.338 e. The fourth-order valence-corrected chi connectivity index (χ4v) is 3.79. The van der Waals surface area contributed by atoms with Crippen LogP contribution in [0.4, 0.5) is 5.69 Å². The van der Waals surface area contributed by atoms with Gasteiger partial charge in [-0.2, -0.15) is 0 Å². The van der Waals surface area contributed by atoms with Crippen LogP contribution in [0.15, 0.2) is 22.7 Å². The van der Waals surface area contributed by atoms with Gasteiger partial charge in [0.15, 0.2) is 9.84 Å². The minimum absolute atomic E-state index is 0.0624. The van der Waals surface area contributed by atoms with Crippen molar-refractivity contribution in [2.45, 2.75) is 6.42 Å². The number of benzene rings is 1. The molecule has 1 aliphatic heterocycles. The van der Waals surface area contributed by atoms with Crippen LogP contribution < -0.4 is 0 Å². The first-order valence-electron chi connectivity index (χ1n) is 6.24. The number of carbonyl (C=O) groups excluding carboxylic acids is 1. The molecule has 0 radical (unpaired) electrons. The molecule has 0 unspecified atom stereocenters. The molecule has 1 heterocycles. The highest BCUT2D eigenvalue weighted by Gasteiger charge is 2.25. The van der Waals surface area contributed by atoms with Crippen LogP contribution >= 0.6 is 15.9 Å². The first-order valence-corrected chi connectivity index (χ1v) is 8.85. The first kappa shape index (κ1) is 15.9. The average Bonchev–Trinajstić information content (AvgIpc) is 2.59. The summed E-state index contributed by atoms with van der Waals surface area (Å²) in [7, 11) is -3.11. The number of rotatable bonds is 2. The van der Waals surface area contributed by atoms with Crippen molar-refractivity contribution in [1.29, 1.82) is 0 Å². The smallest absolute Gasteiger partial charge is 0.270 e. The topological polar surface area (TPSA) is 97.6 Å². The van der Waals surface area contributed by atoms with E-state index in [9.17, 15) is 23.3 Å². The van der Waals surface area contributed by atoms with Crippen LogP contribution in [0.25, 0.3) is 0 Å². The Morgan fingerprint density at radius 3 is 2.67 bits per heavy atom. The van der Waals surface area contributed by atoms with E-state index < -0.39 is 20.7 Å². The Morgan fingerprint density at radius 1 is 1.29 bits per heavy atom. The third kappa shape index (κ3) is 3.79. The number of amides is 1. The third-order valence-electron chi connectivity index (χ3n) is 3.23. The number of nitrogens with zero attached hydrogens (tertiary/aromatic N) is 2. The Hall–Kier alpha value is -1.48. The van der Waals surface area contributed by atoms with Crippen molar-refractivity contribution in [2.24, 2.45) is 0 Å². The molecular weight excluding hydrogens is 364 g/mol. The zero-order valence-electron chi connectivity index (χ0n) is 11.0. The van der Waals surface area contributed by atoms with Gasteiger partial charge in [0.25, 0.3) is 11.6 Å². The second-order valence-electron chi connectivity index (χ2n) is 4.72. The molecule has 2 rings (SSSR count). The average molecular weight is 377 g/mol. The summed E-state index contributed by atoms with van der Waals surface area (Å²) in [6.07, 6.45) is 0.376. The fraction of sp³-hybridized carbons (Fsp3) is 0.417. The molecule has 114 valence electrons. The van der Waals surface area contributed by atoms with E-state index in [0.717, 1.165) is 0 Å². The van der Waals surface area contributed by atoms with Gasteiger partial charge in [-0.25, -0.2) is 8.42 Å². The van der Waals surface area contributed by atoms with Gasteiger partial charge in [-0.15, -0.1) is 0 Å². The lowest BCUT2D eigenvalue weighted by Gasteiger charge is -2.20. The van der Waals surface area contributed by atoms with Crippen LogP contribution in [0, 0.1) is 10.1 Å². The summed E-state index contributed by atoms with van der Waals surface area (Å²) in [6, 6.07) is 3.94. The Bertz CT molecular complexity index is 689. The van der Waals surface area contributed by atoms with Gasteiger partial charge in [0.1, 0.15) is 0 Å². The number of non-ortho nitro benzene ring substituents is 1. The molecule has 0 aliphatic carbocycles. The lowest BCUT2D eigenvalue weighted by atomic mass is 10.1.